The Morgan fingerprint density at radius 3 is 3.10 bits per heavy atom. The third kappa shape index (κ3) is 2.00. The summed E-state index contributed by atoms with van der Waals surface area (Å²) in [5.41, 5.74) is 1.74. The molecule has 0 spiro atoms. The van der Waals surface area contributed by atoms with Crippen LogP contribution in [0.25, 0.3) is 15.5 Å². The molecule has 0 saturated carbocycles. The highest BCUT2D eigenvalue weighted by Gasteiger charge is 2.25. The van der Waals surface area contributed by atoms with Crippen molar-refractivity contribution in [3.05, 3.63) is 29.6 Å². The zero-order valence-corrected chi connectivity index (χ0v) is 12.3. The Balaban J connectivity index is 1.82. The molecule has 4 rings (SSSR count). The maximum atomic E-state index is 9.84. The third-order valence-electron chi connectivity index (χ3n) is 3.77. The summed E-state index contributed by atoms with van der Waals surface area (Å²) in [6.45, 7) is 2.65. The van der Waals surface area contributed by atoms with Crippen LogP contribution in [0.5, 0.6) is 5.75 Å². The molecule has 3 aromatic rings. The minimum absolute atomic E-state index is 0.0137. The molecule has 1 unspecified atom stereocenters. The van der Waals surface area contributed by atoms with Crippen LogP contribution in [0, 0.1) is 6.92 Å². The minimum Gasteiger partial charge on any atom is -0.508 e. The van der Waals surface area contributed by atoms with Crippen LogP contribution in [0.4, 0.5) is 0 Å². The van der Waals surface area contributed by atoms with Crippen molar-refractivity contribution in [1.82, 2.24) is 19.8 Å². The van der Waals surface area contributed by atoms with Crippen molar-refractivity contribution in [2.75, 3.05) is 6.61 Å². The Bertz CT molecular complexity index is 805. The van der Waals surface area contributed by atoms with E-state index < -0.39 is 0 Å². The Labute approximate surface area is 125 Å². The molecule has 21 heavy (non-hydrogen) atoms. The van der Waals surface area contributed by atoms with Gasteiger partial charge in [-0.25, -0.2) is 0 Å². The summed E-state index contributed by atoms with van der Waals surface area (Å²) in [5.74, 6) is 1.04. The Morgan fingerprint density at radius 1 is 1.38 bits per heavy atom. The summed E-state index contributed by atoms with van der Waals surface area (Å²) in [6.07, 6.45) is 1.99. The van der Waals surface area contributed by atoms with Crippen molar-refractivity contribution in [2.24, 2.45) is 0 Å². The summed E-state index contributed by atoms with van der Waals surface area (Å²) in [6, 6.07) is 5.45. The lowest BCUT2D eigenvalue weighted by Gasteiger charge is -2.05. The molecule has 1 aliphatic heterocycles. The fourth-order valence-corrected chi connectivity index (χ4v) is 3.51. The minimum atomic E-state index is -0.0137. The summed E-state index contributed by atoms with van der Waals surface area (Å²) < 4.78 is 7.43. The molecule has 0 amide bonds. The van der Waals surface area contributed by atoms with Gasteiger partial charge in [0.2, 0.25) is 4.96 Å². The van der Waals surface area contributed by atoms with Crippen LogP contribution in [0.15, 0.2) is 18.2 Å². The fraction of sp³-hybridized carbons (Fsp3) is 0.357. The molecule has 108 valence electrons. The molecule has 0 radical (unpaired) electrons. The Hall–Kier alpha value is -1.99. The maximum absolute atomic E-state index is 9.84. The first-order valence-corrected chi connectivity index (χ1v) is 7.68. The van der Waals surface area contributed by atoms with Crippen LogP contribution in [0.2, 0.25) is 0 Å². The van der Waals surface area contributed by atoms with Crippen molar-refractivity contribution in [3.63, 3.8) is 0 Å². The second-order valence-electron chi connectivity index (χ2n) is 5.11. The maximum Gasteiger partial charge on any atom is 0.235 e. The lowest BCUT2D eigenvalue weighted by molar-refractivity contribution is 0.103. The van der Waals surface area contributed by atoms with E-state index in [9.17, 15) is 5.11 Å². The Morgan fingerprint density at radius 2 is 2.29 bits per heavy atom. The zero-order chi connectivity index (χ0) is 14.4. The van der Waals surface area contributed by atoms with Crippen LogP contribution in [-0.4, -0.2) is 31.5 Å². The van der Waals surface area contributed by atoms with Gasteiger partial charge in [-0.15, -0.1) is 10.2 Å². The summed E-state index contributed by atoms with van der Waals surface area (Å²) in [4.78, 5) is 0.748. The number of hydrogen-bond acceptors (Lipinski definition) is 6. The molecule has 1 aromatic carbocycles. The zero-order valence-electron chi connectivity index (χ0n) is 11.5. The lowest BCUT2D eigenvalue weighted by Crippen LogP contribution is -2.03. The normalized spacial score (nSPS) is 18.6. The number of aromatic hydroxyl groups is 1. The third-order valence-corrected chi connectivity index (χ3v) is 4.70. The van der Waals surface area contributed by atoms with E-state index in [0.717, 1.165) is 46.4 Å². The van der Waals surface area contributed by atoms with E-state index >= 15 is 0 Å². The molecule has 1 atom stereocenters. The topological polar surface area (TPSA) is 72.5 Å². The van der Waals surface area contributed by atoms with Gasteiger partial charge in [0.05, 0.1) is 0 Å². The number of ether oxygens (including phenoxy) is 1. The van der Waals surface area contributed by atoms with Gasteiger partial charge in [-0.2, -0.15) is 9.61 Å². The smallest absolute Gasteiger partial charge is 0.235 e. The van der Waals surface area contributed by atoms with Crippen molar-refractivity contribution in [2.45, 2.75) is 25.9 Å². The fourth-order valence-electron chi connectivity index (χ4n) is 2.58. The van der Waals surface area contributed by atoms with Gasteiger partial charge < -0.3 is 9.84 Å². The van der Waals surface area contributed by atoms with E-state index in [4.69, 9.17) is 4.74 Å². The quantitative estimate of drug-likeness (QED) is 0.788. The number of rotatable bonds is 2. The first kappa shape index (κ1) is 12.7. The number of hydrogen-bond donors (Lipinski definition) is 1. The summed E-state index contributed by atoms with van der Waals surface area (Å²) in [5, 5.41) is 23.7. The molecule has 0 bridgehead atoms. The number of fused-ring (bicyclic) bond motifs is 1. The highest BCUT2D eigenvalue weighted by Crippen LogP contribution is 2.34. The standard InChI is InChI=1S/C14H14N4O2S/c1-8-9(4-2-5-10(8)19)13-17-18-12(11-6-3-7-20-11)15-16-14(18)21-13/h2,4-5,11,19H,3,6-7H2,1H3. The number of benzene rings is 1. The van der Waals surface area contributed by atoms with Gasteiger partial charge in [0.1, 0.15) is 16.9 Å². The summed E-state index contributed by atoms with van der Waals surface area (Å²) in [7, 11) is 0. The number of nitrogens with zero attached hydrogens (tertiary/aromatic N) is 4. The largest absolute Gasteiger partial charge is 0.508 e. The molecule has 7 heteroatoms. The molecule has 0 aliphatic carbocycles. The van der Waals surface area contributed by atoms with Crippen LogP contribution >= 0.6 is 11.3 Å². The highest BCUT2D eigenvalue weighted by atomic mass is 32.1. The van der Waals surface area contributed by atoms with Crippen LogP contribution in [0.3, 0.4) is 0 Å². The predicted octanol–water partition coefficient (Wildman–Crippen LogP) is 2.72. The van der Waals surface area contributed by atoms with Gasteiger partial charge in [-0.05, 0) is 25.8 Å². The van der Waals surface area contributed by atoms with E-state index in [1.165, 1.54) is 11.3 Å². The molecular formula is C14H14N4O2S. The molecule has 1 N–H and O–H groups in total. The molecule has 1 saturated heterocycles. The van der Waals surface area contributed by atoms with Crippen molar-refractivity contribution >= 4 is 16.3 Å². The van der Waals surface area contributed by atoms with E-state index in [1.54, 1.807) is 10.6 Å². The van der Waals surface area contributed by atoms with Gasteiger partial charge >= 0.3 is 0 Å². The molecule has 3 heterocycles. The van der Waals surface area contributed by atoms with E-state index in [-0.39, 0.29) is 11.9 Å². The second-order valence-corrected chi connectivity index (χ2v) is 6.07. The monoisotopic (exact) mass is 302 g/mol. The van der Waals surface area contributed by atoms with Crippen LogP contribution < -0.4 is 0 Å². The first-order chi connectivity index (χ1) is 10.2. The van der Waals surface area contributed by atoms with Gasteiger partial charge in [-0.1, -0.05) is 23.5 Å². The van der Waals surface area contributed by atoms with Crippen molar-refractivity contribution in [3.8, 4) is 16.3 Å². The van der Waals surface area contributed by atoms with Gasteiger partial charge in [0, 0.05) is 17.7 Å². The summed E-state index contributed by atoms with van der Waals surface area (Å²) >= 11 is 1.46. The predicted molar refractivity (Wildman–Crippen MR) is 78.4 cm³/mol. The Kier molecular flexibility index (Phi) is 2.90. The van der Waals surface area contributed by atoms with E-state index in [1.807, 2.05) is 19.1 Å². The average Bonchev–Trinajstić information content (AvgIpc) is 3.16. The number of phenols is 1. The SMILES string of the molecule is Cc1c(O)cccc1-c1nn2c(C3CCCO3)nnc2s1. The van der Waals surface area contributed by atoms with Gasteiger partial charge in [-0.3, -0.25) is 0 Å². The van der Waals surface area contributed by atoms with E-state index in [0.29, 0.717) is 0 Å². The molecule has 2 aromatic heterocycles. The van der Waals surface area contributed by atoms with E-state index in [2.05, 4.69) is 15.3 Å². The molecular weight excluding hydrogens is 288 g/mol. The molecule has 1 aliphatic rings. The first-order valence-electron chi connectivity index (χ1n) is 6.87. The molecule has 1 fully saturated rings. The number of phenolic OH excluding ortho intramolecular Hbond substituents is 1. The molecule has 6 nitrogen and oxygen atoms in total. The second kappa shape index (κ2) is 4.78. The van der Waals surface area contributed by atoms with Crippen LogP contribution in [-0.2, 0) is 4.74 Å². The highest BCUT2D eigenvalue weighted by molar-refractivity contribution is 7.19. The lowest BCUT2D eigenvalue weighted by atomic mass is 10.1. The van der Waals surface area contributed by atoms with Crippen LogP contribution in [0.1, 0.15) is 30.3 Å². The van der Waals surface area contributed by atoms with Crippen molar-refractivity contribution < 1.29 is 9.84 Å². The van der Waals surface area contributed by atoms with Gasteiger partial charge in [0.15, 0.2) is 5.82 Å². The number of aromatic nitrogens is 4. The average molecular weight is 302 g/mol. The van der Waals surface area contributed by atoms with Crippen molar-refractivity contribution in [1.29, 1.82) is 0 Å². The van der Waals surface area contributed by atoms with Gasteiger partial charge in [0.25, 0.3) is 0 Å².